The van der Waals surface area contributed by atoms with Gasteiger partial charge in [-0.3, -0.25) is 4.79 Å². The van der Waals surface area contributed by atoms with E-state index in [1.165, 1.54) is 12.1 Å². The fraction of sp³-hybridized carbons (Fsp3) is 0.379. The molecule has 2 aliphatic heterocycles. The lowest BCUT2D eigenvalue weighted by Gasteiger charge is -2.38. The third-order valence-corrected chi connectivity index (χ3v) is 7.56. The first-order valence-electron chi connectivity index (χ1n) is 12.6. The van der Waals surface area contributed by atoms with Crippen LogP contribution in [0.15, 0.2) is 48.5 Å². The van der Waals surface area contributed by atoms with Gasteiger partial charge in [-0.15, -0.1) is 0 Å². The van der Waals surface area contributed by atoms with E-state index in [1.54, 1.807) is 0 Å². The van der Waals surface area contributed by atoms with Crippen LogP contribution < -0.4 is 15.5 Å². The number of carbonyl (C=O) groups excluding carboxylic acids is 1. The van der Waals surface area contributed by atoms with E-state index < -0.39 is 17.3 Å². The van der Waals surface area contributed by atoms with Crippen LogP contribution in [-0.4, -0.2) is 24.0 Å². The number of halogens is 3. The molecule has 0 saturated carbocycles. The number of pyridine rings is 1. The van der Waals surface area contributed by atoms with Crippen LogP contribution in [0.3, 0.4) is 0 Å². The van der Waals surface area contributed by atoms with Crippen LogP contribution in [0.2, 0.25) is 0 Å². The maximum atomic E-state index is 13.0. The highest BCUT2D eigenvalue weighted by Crippen LogP contribution is 2.43. The molecule has 200 valence electrons. The topological polar surface area (TPSA) is 66.5 Å². The Bertz CT molecular complexity index is 1390. The maximum absolute atomic E-state index is 13.0. The molecule has 3 aromatic rings. The third-order valence-electron chi connectivity index (χ3n) is 7.56. The number of hydrogen-bond donors (Lipinski definition) is 2. The van der Waals surface area contributed by atoms with Crippen molar-refractivity contribution in [1.82, 2.24) is 4.98 Å². The zero-order valence-corrected chi connectivity index (χ0v) is 22.0. The van der Waals surface area contributed by atoms with E-state index in [0.29, 0.717) is 24.5 Å². The summed E-state index contributed by atoms with van der Waals surface area (Å²) in [7, 11) is 1.93. The Balaban J connectivity index is 1.34. The van der Waals surface area contributed by atoms with Crippen molar-refractivity contribution in [2.75, 3.05) is 22.6 Å². The van der Waals surface area contributed by atoms with Crippen LogP contribution in [-0.2, 0) is 34.5 Å². The molecule has 0 radical (unpaired) electrons. The Morgan fingerprint density at radius 1 is 1.18 bits per heavy atom. The SMILES string of the molecule is Cc1nc(NCc2ccc3c(c2)CO[C@@]3(C)c2ccc(C(F)(F)F)cc2)cc2c1NC(=O)C(C(C)C)N2C. The number of amides is 1. The zero-order chi connectivity index (χ0) is 27.4. The number of nitrogens with one attached hydrogen (secondary N) is 2. The predicted octanol–water partition coefficient (Wildman–Crippen LogP) is 6.23. The molecule has 2 aliphatic rings. The van der Waals surface area contributed by atoms with Gasteiger partial charge in [0.25, 0.3) is 0 Å². The molecule has 0 bridgehead atoms. The number of anilines is 3. The van der Waals surface area contributed by atoms with Crippen molar-refractivity contribution in [3.63, 3.8) is 0 Å². The van der Waals surface area contributed by atoms with Gasteiger partial charge in [0.1, 0.15) is 17.5 Å². The average molecular weight is 525 g/mol. The van der Waals surface area contributed by atoms with E-state index >= 15 is 0 Å². The van der Waals surface area contributed by atoms with Crippen molar-refractivity contribution in [2.24, 2.45) is 5.92 Å². The molecule has 1 aromatic heterocycles. The number of likely N-dealkylation sites (N-methyl/N-ethyl adjacent to an activating group) is 1. The number of fused-ring (bicyclic) bond motifs is 2. The second-order valence-corrected chi connectivity index (χ2v) is 10.5. The summed E-state index contributed by atoms with van der Waals surface area (Å²) >= 11 is 0. The molecular weight excluding hydrogens is 493 g/mol. The summed E-state index contributed by atoms with van der Waals surface area (Å²) in [5, 5.41) is 6.40. The Morgan fingerprint density at radius 3 is 2.55 bits per heavy atom. The number of aryl methyl sites for hydroxylation is 1. The predicted molar refractivity (Wildman–Crippen MR) is 141 cm³/mol. The molecular formula is C29H31F3N4O2. The summed E-state index contributed by atoms with van der Waals surface area (Å²) in [6.07, 6.45) is -4.37. The van der Waals surface area contributed by atoms with E-state index in [0.717, 1.165) is 45.9 Å². The minimum absolute atomic E-state index is 0.0238. The molecule has 5 rings (SSSR count). The lowest BCUT2D eigenvalue weighted by molar-refractivity contribution is -0.137. The number of aromatic nitrogens is 1. The molecule has 38 heavy (non-hydrogen) atoms. The lowest BCUT2D eigenvalue weighted by atomic mass is 9.86. The van der Waals surface area contributed by atoms with E-state index in [1.807, 2.05) is 57.8 Å². The van der Waals surface area contributed by atoms with Crippen LogP contribution >= 0.6 is 0 Å². The number of carbonyl (C=O) groups is 1. The Hall–Kier alpha value is -3.59. The summed E-state index contributed by atoms with van der Waals surface area (Å²) in [4.78, 5) is 19.2. The van der Waals surface area contributed by atoms with Crippen LogP contribution in [0.1, 0.15) is 54.3 Å². The number of benzene rings is 2. The summed E-state index contributed by atoms with van der Waals surface area (Å²) < 4.78 is 45.1. The Kier molecular flexibility index (Phi) is 6.38. The molecule has 3 heterocycles. The highest BCUT2D eigenvalue weighted by atomic mass is 19.4. The van der Waals surface area contributed by atoms with Crippen LogP contribution in [0, 0.1) is 12.8 Å². The molecule has 6 nitrogen and oxygen atoms in total. The molecule has 9 heteroatoms. The van der Waals surface area contributed by atoms with Crippen molar-refractivity contribution in [3.8, 4) is 0 Å². The van der Waals surface area contributed by atoms with Gasteiger partial charge in [-0.1, -0.05) is 44.2 Å². The van der Waals surface area contributed by atoms with E-state index in [2.05, 4.69) is 21.7 Å². The second kappa shape index (κ2) is 9.31. The van der Waals surface area contributed by atoms with Gasteiger partial charge in [-0.25, -0.2) is 4.98 Å². The number of alkyl halides is 3. The van der Waals surface area contributed by atoms with Crippen molar-refractivity contribution >= 4 is 23.1 Å². The second-order valence-electron chi connectivity index (χ2n) is 10.5. The van der Waals surface area contributed by atoms with Gasteiger partial charge in [0.2, 0.25) is 5.91 Å². The molecule has 0 fully saturated rings. The quantitative estimate of drug-likeness (QED) is 0.414. The minimum atomic E-state index is -4.37. The van der Waals surface area contributed by atoms with Crippen molar-refractivity contribution < 1.29 is 22.7 Å². The van der Waals surface area contributed by atoms with Gasteiger partial charge in [-0.2, -0.15) is 13.2 Å². The largest absolute Gasteiger partial charge is 0.416 e. The van der Waals surface area contributed by atoms with Crippen LogP contribution in [0.5, 0.6) is 0 Å². The van der Waals surface area contributed by atoms with Gasteiger partial charge in [0, 0.05) is 19.7 Å². The summed E-state index contributed by atoms with van der Waals surface area (Å²) in [6, 6.07) is 12.9. The first-order chi connectivity index (χ1) is 17.9. The van der Waals surface area contributed by atoms with E-state index in [4.69, 9.17) is 4.74 Å². The number of nitrogens with zero attached hydrogens (tertiary/aromatic N) is 2. The number of ether oxygens (including phenoxy) is 1. The first kappa shape index (κ1) is 26.0. The summed E-state index contributed by atoms with van der Waals surface area (Å²) in [5.74, 6) is 0.835. The summed E-state index contributed by atoms with van der Waals surface area (Å²) in [5.41, 5.74) is 4.56. The van der Waals surface area contributed by atoms with Crippen molar-refractivity contribution in [3.05, 3.63) is 82.0 Å². The fourth-order valence-electron chi connectivity index (χ4n) is 5.50. The molecule has 0 saturated heterocycles. The molecule has 2 aromatic carbocycles. The standard InChI is InChI=1S/C29H31F3N4O2/c1-16(2)26-27(37)35-25-17(3)34-24(13-23(25)36(26)5)33-14-18-6-11-22-19(12-18)15-38-28(22,4)20-7-9-21(10-8-20)29(30,31)32/h6-13,16,26H,14-15H2,1-5H3,(H,33,34)(H,35,37)/t26?,28-/m0/s1. The van der Waals surface area contributed by atoms with Crippen molar-refractivity contribution in [2.45, 2.75) is 58.7 Å². The third kappa shape index (κ3) is 4.49. The molecule has 1 unspecified atom stereocenters. The van der Waals surface area contributed by atoms with Gasteiger partial charge < -0.3 is 20.3 Å². The maximum Gasteiger partial charge on any atom is 0.416 e. The number of hydrogen-bond acceptors (Lipinski definition) is 5. The smallest absolute Gasteiger partial charge is 0.366 e. The Morgan fingerprint density at radius 2 is 1.89 bits per heavy atom. The van der Waals surface area contributed by atoms with Crippen molar-refractivity contribution in [1.29, 1.82) is 0 Å². The number of rotatable bonds is 5. The highest BCUT2D eigenvalue weighted by molar-refractivity contribution is 6.04. The van der Waals surface area contributed by atoms with Crippen LogP contribution in [0.4, 0.5) is 30.4 Å². The fourth-order valence-corrected chi connectivity index (χ4v) is 5.50. The van der Waals surface area contributed by atoms with Crippen LogP contribution in [0.25, 0.3) is 0 Å². The summed E-state index contributed by atoms with van der Waals surface area (Å²) in [6.45, 7) is 8.72. The first-order valence-corrected chi connectivity index (χ1v) is 12.6. The van der Waals surface area contributed by atoms with E-state index in [9.17, 15) is 18.0 Å². The van der Waals surface area contributed by atoms with Gasteiger partial charge >= 0.3 is 6.18 Å². The lowest BCUT2D eigenvalue weighted by Crippen LogP contribution is -2.49. The molecule has 2 N–H and O–H groups in total. The molecule has 2 atom stereocenters. The van der Waals surface area contributed by atoms with Gasteiger partial charge in [0.05, 0.1) is 29.2 Å². The van der Waals surface area contributed by atoms with E-state index in [-0.39, 0.29) is 17.9 Å². The molecule has 1 amide bonds. The Labute approximate surface area is 220 Å². The molecule has 0 spiro atoms. The minimum Gasteiger partial charge on any atom is -0.366 e. The van der Waals surface area contributed by atoms with Gasteiger partial charge in [-0.05, 0) is 54.2 Å². The monoisotopic (exact) mass is 524 g/mol. The normalized spacial score (nSPS) is 20.8. The molecule has 0 aliphatic carbocycles. The highest BCUT2D eigenvalue weighted by Gasteiger charge is 2.38. The average Bonchev–Trinajstić information content (AvgIpc) is 3.20. The zero-order valence-electron chi connectivity index (χ0n) is 22.0. The van der Waals surface area contributed by atoms with Gasteiger partial charge in [0.15, 0.2) is 0 Å².